The summed E-state index contributed by atoms with van der Waals surface area (Å²) in [5, 5.41) is 1.60. The van der Waals surface area contributed by atoms with Crippen LogP contribution in [0.5, 0.6) is 28.7 Å². The Morgan fingerprint density at radius 2 is 1.23 bits per heavy atom. The molecule has 0 heterocycles. The van der Waals surface area contributed by atoms with E-state index >= 15 is 0 Å². The van der Waals surface area contributed by atoms with Crippen LogP contribution < -0.4 is 14.2 Å². The minimum atomic E-state index is -0.533. The molecule has 0 amide bonds. The van der Waals surface area contributed by atoms with Gasteiger partial charge < -0.3 is 14.2 Å². The molecular formula is C26H20O4. The Balaban J connectivity index is 1.87. The molecule has 148 valence electrons. The summed E-state index contributed by atoms with van der Waals surface area (Å²) in [4.78, 5) is 12.3. The van der Waals surface area contributed by atoms with E-state index in [1.54, 1.807) is 13.0 Å². The van der Waals surface area contributed by atoms with E-state index in [9.17, 15) is 4.79 Å². The number of hydrogen-bond donors (Lipinski definition) is 0. The zero-order valence-corrected chi connectivity index (χ0v) is 16.5. The van der Waals surface area contributed by atoms with Crippen LogP contribution in [0.3, 0.4) is 0 Å². The zero-order chi connectivity index (χ0) is 20.9. The number of fused-ring (bicyclic) bond motifs is 1. The third kappa shape index (κ3) is 4.18. The Kier molecular flexibility index (Phi) is 5.48. The highest BCUT2D eigenvalue weighted by Crippen LogP contribution is 2.45. The number of esters is 1. The van der Waals surface area contributed by atoms with Crippen LogP contribution in [0.15, 0.2) is 103 Å². The number of ether oxygens (including phenoxy) is 3. The summed E-state index contributed by atoms with van der Waals surface area (Å²) < 4.78 is 17.9. The lowest BCUT2D eigenvalue weighted by atomic mass is 10.1. The highest BCUT2D eigenvalue weighted by Gasteiger charge is 2.19. The molecule has 0 spiro atoms. The lowest BCUT2D eigenvalue weighted by molar-refractivity contribution is -0.130. The molecule has 4 nitrogen and oxygen atoms in total. The van der Waals surface area contributed by atoms with E-state index in [4.69, 9.17) is 14.2 Å². The van der Waals surface area contributed by atoms with E-state index in [1.165, 1.54) is 0 Å². The molecule has 4 rings (SSSR count). The highest BCUT2D eigenvalue weighted by atomic mass is 16.6. The zero-order valence-electron chi connectivity index (χ0n) is 16.5. The molecule has 0 saturated heterocycles. The second-order valence-electron chi connectivity index (χ2n) is 6.75. The molecule has 0 unspecified atom stereocenters. The average molecular weight is 396 g/mol. The topological polar surface area (TPSA) is 44.8 Å². The summed E-state index contributed by atoms with van der Waals surface area (Å²) in [6.07, 6.45) is 0. The first-order chi connectivity index (χ1) is 14.6. The van der Waals surface area contributed by atoms with Crippen LogP contribution in [0.25, 0.3) is 10.8 Å². The van der Waals surface area contributed by atoms with Gasteiger partial charge in [0.25, 0.3) is 0 Å². The van der Waals surface area contributed by atoms with Crippen molar-refractivity contribution in [2.75, 3.05) is 0 Å². The second kappa shape index (κ2) is 8.53. The van der Waals surface area contributed by atoms with Crippen molar-refractivity contribution in [3.8, 4) is 28.7 Å². The van der Waals surface area contributed by atoms with Gasteiger partial charge in [0, 0.05) is 22.4 Å². The van der Waals surface area contributed by atoms with Gasteiger partial charge in [0.1, 0.15) is 17.2 Å². The molecule has 4 heteroatoms. The number of carbonyl (C=O) groups is 1. The van der Waals surface area contributed by atoms with Crippen molar-refractivity contribution >= 4 is 16.7 Å². The first kappa shape index (κ1) is 19.3. The van der Waals surface area contributed by atoms with Crippen molar-refractivity contribution in [2.45, 2.75) is 6.92 Å². The Labute approximate surface area is 174 Å². The normalized spacial score (nSPS) is 10.4. The first-order valence-electron chi connectivity index (χ1n) is 9.51. The predicted octanol–water partition coefficient (Wildman–Crippen LogP) is 6.91. The Bertz CT molecular complexity index is 1200. The van der Waals surface area contributed by atoms with Gasteiger partial charge in [0.15, 0.2) is 11.5 Å². The van der Waals surface area contributed by atoms with Gasteiger partial charge in [-0.15, -0.1) is 0 Å². The second-order valence-corrected chi connectivity index (χ2v) is 6.75. The van der Waals surface area contributed by atoms with Crippen LogP contribution >= 0.6 is 0 Å². The molecule has 0 aliphatic carbocycles. The van der Waals surface area contributed by atoms with E-state index in [1.807, 2.05) is 84.9 Å². The molecule has 0 fully saturated rings. The number of carbonyl (C=O) groups excluding carboxylic acids is 1. The van der Waals surface area contributed by atoms with Crippen LogP contribution in [-0.4, -0.2) is 5.97 Å². The van der Waals surface area contributed by atoms with Gasteiger partial charge in [-0.05, 0) is 31.2 Å². The molecule has 0 aliphatic heterocycles. The van der Waals surface area contributed by atoms with E-state index in [0.717, 1.165) is 10.8 Å². The van der Waals surface area contributed by atoms with Crippen LogP contribution in [0.1, 0.15) is 6.92 Å². The van der Waals surface area contributed by atoms with E-state index in [0.29, 0.717) is 28.6 Å². The molecular weight excluding hydrogens is 376 g/mol. The maximum Gasteiger partial charge on any atom is 0.338 e. The van der Waals surface area contributed by atoms with Crippen LogP contribution in [0, 0.1) is 0 Å². The predicted molar refractivity (Wildman–Crippen MR) is 117 cm³/mol. The molecule has 0 N–H and O–H groups in total. The SMILES string of the molecule is C=C(C)C(=O)Oc1cc(Oc2ccccc2)c2ccccc2c1Oc1ccccc1. The molecule has 0 aromatic heterocycles. The molecule has 30 heavy (non-hydrogen) atoms. The monoisotopic (exact) mass is 396 g/mol. The summed E-state index contributed by atoms with van der Waals surface area (Å²) in [5.41, 5.74) is 0.291. The smallest absolute Gasteiger partial charge is 0.338 e. The van der Waals surface area contributed by atoms with Crippen molar-refractivity contribution in [1.29, 1.82) is 0 Å². The largest absolute Gasteiger partial charge is 0.457 e. The minimum absolute atomic E-state index is 0.261. The van der Waals surface area contributed by atoms with Crippen molar-refractivity contribution in [1.82, 2.24) is 0 Å². The average Bonchev–Trinajstić information content (AvgIpc) is 2.77. The summed E-state index contributed by atoms with van der Waals surface area (Å²) in [6, 6.07) is 28.1. The number of rotatable bonds is 6. The summed E-state index contributed by atoms with van der Waals surface area (Å²) >= 11 is 0. The van der Waals surface area contributed by atoms with Gasteiger partial charge in [-0.3, -0.25) is 0 Å². The van der Waals surface area contributed by atoms with E-state index in [-0.39, 0.29) is 5.75 Å². The van der Waals surface area contributed by atoms with Crippen molar-refractivity contribution < 1.29 is 19.0 Å². The fourth-order valence-electron chi connectivity index (χ4n) is 2.97. The van der Waals surface area contributed by atoms with E-state index in [2.05, 4.69) is 6.58 Å². The van der Waals surface area contributed by atoms with Crippen LogP contribution in [0.4, 0.5) is 0 Å². The molecule has 0 radical (unpaired) electrons. The van der Waals surface area contributed by atoms with Crippen molar-refractivity contribution in [3.05, 3.63) is 103 Å². The molecule has 0 aliphatic rings. The molecule has 4 aromatic carbocycles. The van der Waals surface area contributed by atoms with Gasteiger partial charge in [-0.25, -0.2) is 4.79 Å². The lowest BCUT2D eigenvalue weighted by Gasteiger charge is -2.17. The highest BCUT2D eigenvalue weighted by molar-refractivity contribution is 5.98. The van der Waals surface area contributed by atoms with Crippen LogP contribution in [0.2, 0.25) is 0 Å². The Morgan fingerprint density at radius 1 is 0.700 bits per heavy atom. The molecule has 4 aromatic rings. The fourth-order valence-corrected chi connectivity index (χ4v) is 2.97. The summed E-state index contributed by atoms with van der Waals surface area (Å²) in [6.45, 7) is 5.27. The Morgan fingerprint density at radius 3 is 1.83 bits per heavy atom. The number of para-hydroxylation sites is 2. The summed E-state index contributed by atoms with van der Waals surface area (Å²) in [7, 11) is 0. The quantitative estimate of drug-likeness (QED) is 0.202. The minimum Gasteiger partial charge on any atom is -0.457 e. The number of benzene rings is 4. The first-order valence-corrected chi connectivity index (χ1v) is 9.51. The molecule has 0 bridgehead atoms. The standard InChI is InChI=1S/C26H20O4/c1-18(2)26(27)30-24-17-23(28-19-11-5-3-6-12-19)21-15-9-10-16-22(21)25(24)29-20-13-7-4-8-14-20/h3-17H,1H2,2H3. The van der Waals surface area contributed by atoms with Crippen molar-refractivity contribution in [3.63, 3.8) is 0 Å². The molecule has 0 saturated carbocycles. The van der Waals surface area contributed by atoms with Gasteiger partial charge in [0.05, 0.1) is 0 Å². The lowest BCUT2D eigenvalue weighted by Crippen LogP contribution is -2.09. The van der Waals surface area contributed by atoms with Gasteiger partial charge >= 0.3 is 5.97 Å². The van der Waals surface area contributed by atoms with Gasteiger partial charge in [-0.1, -0.05) is 67.2 Å². The van der Waals surface area contributed by atoms with Gasteiger partial charge in [-0.2, -0.15) is 0 Å². The maximum absolute atomic E-state index is 12.3. The third-order valence-corrected chi connectivity index (χ3v) is 4.41. The van der Waals surface area contributed by atoms with Crippen LogP contribution in [-0.2, 0) is 4.79 Å². The van der Waals surface area contributed by atoms with Crippen molar-refractivity contribution in [2.24, 2.45) is 0 Å². The number of hydrogen-bond acceptors (Lipinski definition) is 4. The van der Waals surface area contributed by atoms with E-state index < -0.39 is 5.97 Å². The van der Waals surface area contributed by atoms with Gasteiger partial charge in [0.2, 0.25) is 0 Å². The Hall–Kier alpha value is -4.05. The third-order valence-electron chi connectivity index (χ3n) is 4.41. The fraction of sp³-hybridized carbons (Fsp3) is 0.0385. The molecule has 0 atom stereocenters. The maximum atomic E-state index is 12.3. The summed E-state index contributed by atoms with van der Waals surface area (Å²) in [5.74, 6) is 2.03.